The third kappa shape index (κ3) is 8.19. The van der Waals surface area contributed by atoms with Crippen molar-refractivity contribution in [1.82, 2.24) is 29.5 Å². The molecule has 17 heteroatoms. The minimum Gasteiger partial charge on any atom is -0.454 e. The summed E-state index contributed by atoms with van der Waals surface area (Å²) in [4.78, 5) is 42.7. The van der Waals surface area contributed by atoms with Gasteiger partial charge in [0.25, 0.3) is 11.8 Å². The molecule has 0 spiro atoms. The minimum absolute atomic E-state index is 0.0410. The largest absolute Gasteiger partial charge is 0.454 e. The van der Waals surface area contributed by atoms with Gasteiger partial charge in [0.05, 0.1) is 16.3 Å². The molecule has 13 nitrogen and oxygen atoms in total. The van der Waals surface area contributed by atoms with Gasteiger partial charge in [0.2, 0.25) is 21.9 Å². The van der Waals surface area contributed by atoms with E-state index >= 15 is 0 Å². The van der Waals surface area contributed by atoms with E-state index in [0.29, 0.717) is 36.9 Å². The molecule has 4 fully saturated rings. The number of benzene rings is 2. The smallest absolute Gasteiger partial charge is 0.422 e. The van der Waals surface area contributed by atoms with Crippen LogP contribution in [0.3, 0.4) is 0 Å². The summed E-state index contributed by atoms with van der Waals surface area (Å²) < 4.78 is 70.4. The van der Waals surface area contributed by atoms with Crippen LogP contribution in [0.25, 0.3) is 0 Å². The lowest BCUT2D eigenvalue weighted by molar-refractivity contribution is -0.154. The summed E-state index contributed by atoms with van der Waals surface area (Å²) in [5.74, 6) is -0.928. The fraction of sp³-hybridized carbons (Fsp3) is 0.500. The van der Waals surface area contributed by atoms with Gasteiger partial charge in [-0.25, -0.2) is 13.1 Å². The first kappa shape index (κ1) is 34.9. The predicted octanol–water partition coefficient (Wildman–Crippen LogP) is 4.58. The van der Waals surface area contributed by atoms with Crippen LogP contribution in [0.15, 0.2) is 48.5 Å². The molecule has 3 aliphatic carbocycles. The first-order chi connectivity index (χ1) is 24.2. The summed E-state index contributed by atoms with van der Waals surface area (Å²) in [6, 6.07) is 12.5. The molecule has 3 saturated carbocycles. The van der Waals surface area contributed by atoms with Gasteiger partial charge in [-0.1, -0.05) is 12.1 Å². The molecule has 272 valence electrons. The number of hydrogen-bond donors (Lipinski definition) is 3. The van der Waals surface area contributed by atoms with E-state index in [1.54, 1.807) is 36.4 Å². The van der Waals surface area contributed by atoms with Gasteiger partial charge in [-0.05, 0) is 106 Å². The van der Waals surface area contributed by atoms with E-state index in [0.717, 1.165) is 38.0 Å². The molecule has 0 atom stereocenters. The Balaban J connectivity index is 1.04. The van der Waals surface area contributed by atoms with Crippen molar-refractivity contribution in [2.24, 2.45) is 0 Å². The van der Waals surface area contributed by atoms with Gasteiger partial charge in [0, 0.05) is 30.4 Å². The molecular weight excluding hydrogens is 689 g/mol. The number of alkyl halides is 3. The number of ether oxygens (including phenoxy) is 1. The van der Waals surface area contributed by atoms with Crippen LogP contribution in [-0.2, 0) is 15.6 Å². The average molecular weight is 729 g/mol. The third-order valence-corrected chi connectivity index (χ3v) is 11.7. The predicted molar refractivity (Wildman–Crippen MR) is 181 cm³/mol. The summed E-state index contributed by atoms with van der Waals surface area (Å²) in [7, 11) is -1.86. The molecule has 4 aliphatic rings. The molecule has 0 bridgehead atoms. The Bertz CT molecular complexity index is 1890. The highest BCUT2D eigenvalue weighted by Crippen LogP contribution is 2.48. The highest BCUT2D eigenvalue weighted by molar-refractivity contribution is 7.91. The van der Waals surface area contributed by atoms with Gasteiger partial charge in [0.1, 0.15) is 0 Å². The maximum absolute atomic E-state index is 13.4. The molecule has 7 rings (SSSR count). The van der Waals surface area contributed by atoms with Crippen molar-refractivity contribution in [3.05, 3.63) is 65.2 Å². The van der Waals surface area contributed by atoms with Gasteiger partial charge in [-0.3, -0.25) is 9.59 Å². The monoisotopic (exact) mass is 728 g/mol. The zero-order valence-electron chi connectivity index (χ0n) is 28.0. The number of amides is 2. The molecule has 3 aromatic rings. The molecule has 0 unspecified atom stereocenters. The fourth-order valence-electron chi connectivity index (χ4n) is 6.43. The van der Waals surface area contributed by atoms with Crippen LogP contribution in [0, 0.1) is 0 Å². The van der Waals surface area contributed by atoms with Gasteiger partial charge in [0.15, 0.2) is 6.61 Å². The number of likely N-dealkylation sites (tertiary alicyclic amines) is 1. The Labute approximate surface area is 293 Å². The maximum Gasteiger partial charge on any atom is 0.422 e. The number of carbonyl (C=O) groups is 2. The Hall–Kier alpha value is -4.51. The SMILES string of the molecule is CN(C(=O)c1ccc(Nc2nc(NC3(c4ccc(C(=O)NS(=O)(=O)C5CC5)cc4)CC3)nc(OCC(F)(F)F)n2)cc1)C1(CN2CCCC2)CC1. The number of aromatic nitrogens is 3. The van der Waals surface area contributed by atoms with Crippen molar-refractivity contribution in [2.75, 3.05) is 43.9 Å². The molecule has 1 aliphatic heterocycles. The molecule has 1 aromatic heterocycles. The third-order valence-electron chi connectivity index (χ3n) is 9.93. The Morgan fingerprint density at radius 3 is 2.14 bits per heavy atom. The molecule has 0 radical (unpaired) electrons. The lowest BCUT2D eigenvalue weighted by Crippen LogP contribution is -2.46. The van der Waals surface area contributed by atoms with Crippen molar-refractivity contribution in [3.63, 3.8) is 0 Å². The maximum atomic E-state index is 13.4. The molecule has 2 amide bonds. The molecule has 1 saturated heterocycles. The molecular formula is C34H39F3N8O5S. The highest BCUT2D eigenvalue weighted by Gasteiger charge is 2.50. The van der Waals surface area contributed by atoms with E-state index in [1.165, 1.54) is 25.0 Å². The molecule has 2 heterocycles. The number of hydrogen-bond acceptors (Lipinski definition) is 11. The number of likely N-dealkylation sites (N-methyl/N-ethyl adjacent to an activating group) is 1. The van der Waals surface area contributed by atoms with Crippen molar-refractivity contribution >= 4 is 39.4 Å². The van der Waals surface area contributed by atoms with Crippen LogP contribution >= 0.6 is 0 Å². The van der Waals surface area contributed by atoms with Gasteiger partial charge < -0.3 is 25.2 Å². The molecule has 3 N–H and O–H groups in total. The summed E-state index contributed by atoms with van der Waals surface area (Å²) in [5, 5.41) is 5.63. The van der Waals surface area contributed by atoms with E-state index in [1.807, 2.05) is 11.9 Å². The number of rotatable bonds is 14. The van der Waals surface area contributed by atoms with Crippen LogP contribution in [0.5, 0.6) is 6.01 Å². The number of halogens is 3. The summed E-state index contributed by atoms with van der Waals surface area (Å²) in [6.07, 6.45) is 1.99. The van der Waals surface area contributed by atoms with E-state index in [9.17, 15) is 31.2 Å². The van der Waals surface area contributed by atoms with E-state index in [-0.39, 0.29) is 28.9 Å². The van der Waals surface area contributed by atoms with Gasteiger partial charge in [-0.2, -0.15) is 28.1 Å². The number of sulfonamides is 1. The second-order valence-corrected chi connectivity index (χ2v) is 15.9. The van der Waals surface area contributed by atoms with Crippen LogP contribution in [0.1, 0.15) is 77.6 Å². The van der Waals surface area contributed by atoms with Crippen LogP contribution < -0.4 is 20.1 Å². The van der Waals surface area contributed by atoms with Crippen molar-refractivity contribution in [1.29, 1.82) is 0 Å². The number of nitrogens with one attached hydrogen (secondary N) is 3. The normalized spacial score (nSPS) is 19.2. The van der Waals surface area contributed by atoms with E-state index < -0.39 is 45.5 Å². The van der Waals surface area contributed by atoms with E-state index in [4.69, 9.17) is 4.74 Å². The second-order valence-electron chi connectivity index (χ2n) is 13.9. The Morgan fingerprint density at radius 2 is 1.55 bits per heavy atom. The fourth-order valence-corrected chi connectivity index (χ4v) is 7.73. The summed E-state index contributed by atoms with van der Waals surface area (Å²) in [6.45, 7) is 1.39. The van der Waals surface area contributed by atoms with Crippen LogP contribution in [0.2, 0.25) is 0 Å². The lowest BCUT2D eigenvalue weighted by atomic mass is 10.0. The summed E-state index contributed by atoms with van der Waals surface area (Å²) in [5.41, 5.74) is 1.08. The summed E-state index contributed by atoms with van der Waals surface area (Å²) >= 11 is 0. The van der Waals surface area contributed by atoms with Gasteiger partial charge in [-0.15, -0.1) is 0 Å². The zero-order chi connectivity index (χ0) is 36.0. The van der Waals surface area contributed by atoms with Crippen molar-refractivity contribution in [3.8, 4) is 6.01 Å². The second kappa shape index (κ2) is 13.2. The highest BCUT2D eigenvalue weighted by atomic mass is 32.2. The van der Waals surface area contributed by atoms with Crippen molar-refractivity contribution < 1.29 is 35.9 Å². The Morgan fingerprint density at radius 1 is 0.922 bits per heavy atom. The lowest BCUT2D eigenvalue weighted by Gasteiger charge is -2.32. The quantitative estimate of drug-likeness (QED) is 0.213. The van der Waals surface area contributed by atoms with Crippen LogP contribution in [0.4, 0.5) is 30.8 Å². The number of anilines is 3. The number of nitrogens with zero attached hydrogens (tertiary/aromatic N) is 5. The van der Waals surface area contributed by atoms with Crippen LogP contribution in [-0.4, -0.2) is 95.2 Å². The van der Waals surface area contributed by atoms with Gasteiger partial charge >= 0.3 is 12.2 Å². The number of carbonyl (C=O) groups excluding carboxylic acids is 2. The topological polar surface area (TPSA) is 159 Å². The minimum atomic E-state index is -4.62. The Kier molecular flexibility index (Phi) is 9.06. The standard InChI is InChI=1S/C34H39F3N8O5S/c1-44(32(14-15-32)20-45-18-2-3-19-45)28(47)23-6-10-25(11-7-23)38-29-39-30(41-31(40-29)50-21-34(35,36)37)42-33(16-17-33)24-8-4-22(5-9-24)27(46)43-51(48,49)26-12-13-26/h4-11,26H,2-3,12-21H2,1H3,(H,43,46)(H2,38,39,40,41,42). The molecule has 51 heavy (non-hydrogen) atoms. The first-order valence-corrected chi connectivity index (χ1v) is 18.6. The van der Waals surface area contributed by atoms with E-state index in [2.05, 4.69) is 35.2 Å². The molecule has 2 aromatic carbocycles. The zero-order valence-corrected chi connectivity index (χ0v) is 28.8. The van der Waals surface area contributed by atoms with Crippen molar-refractivity contribution in [2.45, 2.75) is 73.9 Å². The first-order valence-electron chi connectivity index (χ1n) is 17.0. The average Bonchev–Trinajstić information content (AvgIpc) is 4.00.